The molecule has 0 aromatic heterocycles. The molecule has 2 N–H and O–H groups in total. The Bertz CT molecular complexity index is 402. The van der Waals surface area contributed by atoms with Gasteiger partial charge in [0.15, 0.2) is 0 Å². The maximum absolute atomic E-state index is 12.2. The van der Waals surface area contributed by atoms with Gasteiger partial charge in [0, 0.05) is 6.54 Å². The summed E-state index contributed by atoms with van der Waals surface area (Å²) in [4.78, 5) is 14.1. The Morgan fingerprint density at radius 2 is 2.05 bits per heavy atom. The molecule has 2 atom stereocenters. The van der Waals surface area contributed by atoms with Crippen LogP contribution in [0.25, 0.3) is 0 Å². The van der Waals surface area contributed by atoms with Crippen molar-refractivity contribution in [3.05, 3.63) is 0 Å². The summed E-state index contributed by atoms with van der Waals surface area (Å²) in [6.07, 6.45) is 3.05. The van der Waals surface area contributed by atoms with Gasteiger partial charge in [-0.3, -0.25) is 10.7 Å². The molecule has 1 aliphatic heterocycles. The van der Waals surface area contributed by atoms with Crippen LogP contribution in [0.15, 0.2) is 0 Å². The molecular weight excluding hydrogens is 238 g/mol. The molecule has 0 radical (unpaired) electrons. The molecule has 0 bridgehead atoms. The summed E-state index contributed by atoms with van der Waals surface area (Å²) < 4.78 is 0. The van der Waals surface area contributed by atoms with Crippen molar-refractivity contribution < 1.29 is 4.79 Å². The second kappa shape index (κ2) is 4.50. The summed E-state index contributed by atoms with van der Waals surface area (Å²) in [7, 11) is 0. The van der Waals surface area contributed by atoms with E-state index in [9.17, 15) is 4.79 Å². The number of amidine groups is 1. The van der Waals surface area contributed by atoms with Crippen molar-refractivity contribution in [3.63, 3.8) is 0 Å². The fraction of sp³-hybridized carbons (Fsp3) is 0.867. The first-order chi connectivity index (χ1) is 8.69. The third kappa shape index (κ3) is 2.26. The minimum Gasteiger partial charge on any atom is -0.311 e. The van der Waals surface area contributed by atoms with Crippen LogP contribution in [-0.2, 0) is 0 Å². The molecule has 1 saturated heterocycles. The molecule has 2 aliphatic rings. The monoisotopic (exact) mass is 265 g/mol. The molecule has 2 unspecified atom stereocenters. The molecule has 1 heterocycles. The normalized spacial score (nSPS) is 34.2. The van der Waals surface area contributed by atoms with Crippen LogP contribution in [0.1, 0.15) is 53.9 Å². The zero-order valence-electron chi connectivity index (χ0n) is 12.8. The summed E-state index contributed by atoms with van der Waals surface area (Å²) in [6.45, 7) is 11.8. The Balaban J connectivity index is 2.33. The molecule has 1 aliphatic carbocycles. The SMILES string of the molecule is CC(C)CN1C(=O)NC(=N)C12CCC(C)(C)CC2C. The highest BCUT2D eigenvalue weighted by Gasteiger charge is 2.56. The smallest absolute Gasteiger partial charge is 0.311 e. The molecule has 19 heavy (non-hydrogen) atoms. The van der Waals surface area contributed by atoms with Gasteiger partial charge in [-0.2, -0.15) is 0 Å². The molecule has 0 aromatic carbocycles. The highest BCUT2D eigenvalue weighted by atomic mass is 16.2. The van der Waals surface area contributed by atoms with E-state index in [1.54, 1.807) is 0 Å². The lowest BCUT2D eigenvalue weighted by atomic mass is 9.63. The number of hydrogen-bond acceptors (Lipinski definition) is 2. The van der Waals surface area contributed by atoms with Gasteiger partial charge >= 0.3 is 6.03 Å². The van der Waals surface area contributed by atoms with E-state index in [1.807, 2.05) is 4.90 Å². The lowest BCUT2D eigenvalue weighted by molar-refractivity contribution is 0.0480. The van der Waals surface area contributed by atoms with Crippen molar-refractivity contribution in [3.8, 4) is 0 Å². The van der Waals surface area contributed by atoms with Crippen LogP contribution in [0.5, 0.6) is 0 Å². The zero-order chi connectivity index (χ0) is 14.4. The van der Waals surface area contributed by atoms with Gasteiger partial charge in [0.25, 0.3) is 0 Å². The molecular formula is C15H27N3O. The fourth-order valence-electron chi connectivity index (χ4n) is 3.86. The third-order valence-electron chi connectivity index (χ3n) is 4.80. The van der Waals surface area contributed by atoms with Gasteiger partial charge in [0.05, 0.1) is 0 Å². The maximum Gasteiger partial charge on any atom is 0.323 e. The van der Waals surface area contributed by atoms with Gasteiger partial charge < -0.3 is 4.90 Å². The first-order valence-electron chi connectivity index (χ1n) is 7.37. The molecule has 2 rings (SSSR count). The van der Waals surface area contributed by atoms with E-state index < -0.39 is 0 Å². The largest absolute Gasteiger partial charge is 0.323 e. The highest BCUT2D eigenvalue weighted by Crippen LogP contribution is 2.48. The Hall–Kier alpha value is -1.06. The number of carbonyl (C=O) groups is 1. The van der Waals surface area contributed by atoms with Crippen LogP contribution < -0.4 is 5.32 Å². The second-order valence-corrected chi connectivity index (χ2v) is 7.50. The minimum atomic E-state index is -0.378. The van der Waals surface area contributed by atoms with Gasteiger partial charge in [-0.15, -0.1) is 0 Å². The Labute approximate surface area is 116 Å². The van der Waals surface area contributed by atoms with Gasteiger partial charge in [0.2, 0.25) is 0 Å². The molecule has 4 nitrogen and oxygen atoms in total. The summed E-state index contributed by atoms with van der Waals surface area (Å²) in [5.41, 5.74) is -0.0586. The number of nitrogens with one attached hydrogen (secondary N) is 2. The zero-order valence-corrected chi connectivity index (χ0v) is 12.8. The topological polar surface area (TPSA) is 56.2 Å². The number of rotatable bonds is 2. The van der Waals surface area contributed by atoms with Crippen LogP contribution in [0, 0.1) is 22.7 Å². The van der Waals surface area contributed by atoms with Gasteiger partial charge in [-0.05, 0) is 36.5 Å². The molecule has 4 heteroatoms. The molecule has 0 aromatic rings. The standard InChI is InChI=1S/C15H27N3O/c1-10(2)9-18-13(19)17-12(16)15(18)7-6-14(4,5)8-11(15)3/h10-11H,6-9H2,1-5H3,(H2,16,17,19). The van der Waals surface area contributed by atoms with E-state index in [0.717, 1.165) is 25.8 Å². The second-order valence-electron chi connectivity index (χ2n) is 7.50. The van der Waals surface area contributed by atoms with E-state index in [-0.39, 0.29) is 11.6 Å². The minimum absolute atomic E-state index is 0.0785. The summed E-state index contributed by atoms with van der Waals surface area (Å²) in [5, 5.41) is 11.0. The van der Waals surface area contributed by atoms with Crippen molar-refractivity contribution in [2.45, 2.75) is 59.4 Å². The quantitative estimate of drug-likeness (QED) is 0.791. The van der Waals surface area contributed by atoms with E-state index in [1.165, 1.54) is 0 Å². The highest BCUT2D eigenvalue weighted by molar-refractivity contribution is 6.08. The van der Waals surface area contributed by atoms with Crippen LogP contribution >= 0.6 is 0 Å². The van der Waals surface area contributed by atoms with E-state index in [4.69, 9.17) is 5.41 Å². The lowest BCUT2D eigenvalue weighted by Gasteiger charge is -2.49. The van der Waals surface area contributed by atoms with Crippen molar-refractivity contribution >= 4 is 11.9 Å². The van der Waals surface area contributed by atoms with Crippen molar-refractivity contribution in [2.75, 3.05) is 6.54 Å². The van der Waals surface area contributed by atoms with E-state index in [2.05, 4.69) is 39.9 Å². The first kappa shape index (κ1) is 14.4. The fourth-order valence-corrected chi connectivity index (χ4v) is 3.86. The van der Waals surface area contributed by atoms with Gasteiger partial charge in [-0.25, -0.2) is 4.79 Å². The Morgan fingerprint density at radius 3 is 2.58 bits per heavy atom. The van der Waals surface area contributed by atoms with Crippen LogP contribution in [0.2, 0.25) is 0 Å². The molecule has 1 saturated carbocycles. The Morgan fingerprint density at radius 1 is 1.42 bits per heavy atom. The van der Waals surface area contributed by atoms with Crippen LogP contribution in [0.3, 0.4) is 0 Å². The van der Waals surface area contributed by atoms with Gasteiger partial charge in [0.1, 0.15) is 11.4 Å². The predicted molar refractivity (Wildman–Crippen MR) is 77.3 cm³/mol. The average molecular weight is 265 g/mol. The maximum atomic E-state index is 12.2. The lowest BCUT2D eigenvalue weighted by Crippen LogP contribution is -2.58. The number of nitrogens with zero attached hydrogens (tertiary/aromatic N) is 1. The summed E-state index contributed by atoms with van der Waals surface area (Å²) >= 11 is 0. The van der Waals surface area contributed by atoms with E-state index in [0.29, 0.717) is 23.1 Å². The molecule has 1 spiro atoms. The third-order valence-corrected chi connectivity index (χ3v) is 4.80. The first-order valence-corrected chi connectivity index (χ1v) is 7.37. The molecule has 2 amide bonds. The Kier molecular flexibility index (Phi) is 3.40. The number of urea groups is 1. The molecule has 2 fully saturated rings. The van der Waals surface area contributed by atoms with Crippen molar-refractivity contribution in [1.82, 2.24) is 10.2 Å². The number of hydrogen-bond donors (Lipinski definition) is 2. The van der Waals surface area contributed by atoms with E-state index >= 15 is 0 Å². The summed E-state index contributed by atoms with van der Waals surface area (Å²) in [6, 6.07) is -0.0785. The van der Waals surface area contributed by atoms with Gasteiger partial charge in [-0.1, -0.05) is 34.6 Å². The predicted octanol–water partition coefficient (Wildman–Crippen LogP) is 3.23. The van der Waals surface area contributed by atoms with Crippen molar-refractivity contribution in [2.24, 2.45) is 17.3 Å². The number of carbonyl (C=O) groups excluding carboxylic acids is 1. The number of amides is 2. The van der Waals surface area contributed by atoms with Crippen LogP contribution in [0.4, 0.5) is 4.79 Å². The average Bonchev–Trinajstić information content (AvgIpc) is 2.47. The van der Waals surface area contributed by atoms with Crippen LogP contribution in [-0.4, -0.2) is 28.9 Å². The molecule has 108 valence electrons. The summed E-state index contributed by atoms with van der Waals surface area (Å²) in [5.74, 6) is 1.18. The van der Waals surface area contributed by atoms with Crippen molar-refractivity contribution in [1.29, 1.82) is 5.41 Å².